The van der Waals surface area contributed by atoms with Crippen molar-refractivity contribution in [2.75, 3.05) is 26.2 Å². The van der Waals surface area contributed by atoms with Crippen LogP contribution in [0.25, 0.3) is 0 Å². The van der Waals surface area contributed by atoms with Crippen molar-refractivity contribution in [1.29, 1.82) is 0 Å². The van der Waals surface area contributed by atoms with Crippen LogP contribution in [0, 0.1) is 5.92 Å². The smallest absolute Gasteiger partial charge is 0.0198 e. The SMILES string of the molecule is CCN1CCCC(NC2CCCCC2C2CCCCN2)C1. The summed E-state index contributed by atoms with van der Waals surface area (Å²) in [5.41, 5.74) is 0. The average molecular weight is 293 g/mol. The van der Waals surface area contributed by atoms with Gasteiger partial charge in [-0.25, -0.2) is 0 Å². The van der Waals surface area contributed by atoms with Gasteiger partial charge in [0.1, 0.15) is 0 Å². The second kappa shape index (κ2) is 7.94. The number of piperidine rings is 2. The van der Waals surface area contributed by atoms with E-state index in [0.29, 0.717) is 0 Å². The Hall–Kier alpha value is -0.120. The maximum atomic E-state index is 4.09. The van der Waals surface area contributed by atoms with Crippen LogP contribution < -0.4 is 10.6 Å². The fraction of sp³-hybridized carbons (Fsp3) is 1.00. The van der Waals surface area contributed by atoms with E-state index in [9.17, 15) is 0 Å². The Balaban J connectivity index is 1.56. The van der Waals surface area contributed by atoms with Gasteiger partial charge in [0.25, 0.3) is 0 Å². The molecule has 4 unspecified atom stereocenters. The molecule has 1 saturated carbocycles. The summed E-state index contributed by atoms with van der Waals surface area (Å²) in [6.07, 6.45) is 12.7. The number of rotatable bonds is 4. The van der Waals surface area contributed by atoms with Crippen LogP contribution >= 0.6 is 0 Å². The van der Waals surface area contributed by atoms with E-state index in [4.69, 9.17) is 0 Å². The summed E-state index contributed by atoms with van der Waals surface area (Å²) in [5, 5.41) is 7.91. The molecule has 4 atom stereocenters. The topological polar surface area (TPSA) is 27.3 Å². The molecule has 2 N–H and O–H groups in total. The van der Waals surface area contributed by atoms with Crippen LogP contribution in [0.15, 0.2) is 0 Å². The zero-order valence-corrected chi connectivity index (χ0v) is 13.9. The van der Waals surface area contributed by atoms with E-state index >= 15 is 0 Å². The number of likely N-dealkylation sites (N-methyl/N-ethyl adjacent to an activating group) is 1. The molecular weight excluding hydrogens is 258 g/mol. The van der Waals surface area contributed by atoms with Crippen molar-refractivity contribution in [3.8, 4) is 0 Å². The molecule has 3 fully saturated rings. The van der Waals surface area contributed by atoms with Crippen molar-refractivity contribution >= 4 is 0 Å². The maximum absolute atomic E-state index is 4.09. The number of hydrogen-bond acceptors (Lipinski definition) is 3. The van der Waals surface area contributed by atoms with Gasteiger partial charge in [0.2, 0.25) is 0 Å². The van der Waals surface area contributed by atoms with Gasteiger partial charge in [0.05, 0.1) is 0 Å². The Morgan fingerprint density at radius 3 is 2.67 bits per heavy atom. The van der Waals surface area contributed by atoms with Gasteiger partial charge in [0.15, 0.2) is 0 Å². The molecule has 2 aliphatic heterocycles. The standard InChI is InChI=1S/C18H35N3/c1-2-21-13-7-8-15(14-21)20-18-11-4-3-9-16(18)17-10-5-6-12-19-17/h15-20H,2-14H2,1H3. The predicted octanol–water partition coefficient (Wildman–Crippen LogP) is 2.76. The fourth-order valence-corrected chi connectivity index (χ4v) is 4.87. The summed E-state index contributed by atoms with van der Waals surface area (Å²) in [4.78, 5) is 2.62. The molecule has 0 bridgehead atoms. The predicted molar refractivity (Wildman–Crippen MR) is 89.7 cm³/mol. The van der Waals surface area contributed by atoms with Gasteiger partial charge in [-0.05, 0) is 64.1 Å². The molecule has 0 aromatic carbocycles. The molecule has 2 saturated heterocycles. The molecule has 0 aromatic rings. The van der Waals surface area contributed by atoms with Crippen molar-refractivity contribution in [2.24, 2.45) is 5.92 Å². The lowest BCUT2D eigenvalue weighted by Crippen LogP contribution is -2.55. The maximum Gasteiger partial charge on any atom is 0.0198 e. The molecule has 3 rings (SSSR count). The minimum absolute atomic E-state index is 0.743. The van der Waals surface area contributed by atoms with Crippen LogP contribution in [0.3, 0.4) is 0 Å². The Morgan fingerprint density at radius 2 is 1.86 bits per heavy atom. The third kappa shape index (κ3) is 4.20. The first-order chi connectivity index (χ1) is 10.4. The monoisotopic (exact) mass is 293 g/mol. The summed E-state index contributed by atoms with van der Waals surface area (Å²) in [6, 6.07) is 2.31. The number of nitrogens with zero attached hydrogens (tertiary/aromatic N) is 1. The first-order valence-corrected chi connectivity index (χ1v) is 9.58. The summed E-state index contributed by atoms with van der Waals surface area (Å²) in [7, 11) is 0. The van der Waals surface area contributed by atoms with E-state index in [1.165, 1.54) is 84.0 Å². The third-order valence-corrected chi connectivity index (χ3v) is 6.09. The molecule has 3 aliphatic rings. The number of likely N-dealkylation sites (tertiary alicyclic amines) is 1. The van der Waals surface area contributed by atoms with E-state index in [2.05, 4.69) is 22.5 Å². The zero-order chi connectivity index (χ0) is 14.5. The van der Waals surface area contributed by atoms with Crippen molar-refractivity contribution < 1.29 is 0 Å². The Morgan fingerprint density at radius 1 is 1.00 bits per heavy atom. The second-order valence-electron chi connectivity index (χ2n) is 7.51. The van der Waals surface area contributed by atoms with E-state index in [0.717, 1.165) is 24.0 Å². The van der Waals surface area contributed by atoms with Gasteiger partial charge < -0.3 is 15.5 Å². The summed E-state index contributed by atoms with van der Waals surface area (Å²) in [5.74, 6) is 0.885. The number of hydrogen-bond donors (Lipinski definition) is 2. The average Bonchev–Trinajstić information content (AvgIpc) is 2.56. The quantitative estimate of drug-likeness (QED) is 0.834. The van der Waals surface area contributed by atoms with Gasteiger partial charge in [-0.3, -0.25) is 0 Å². The van der Waals surface area contributed by atoms with E-state index in [1.54, 1.807) is 0 Å². The van der Waals surface area contributed by atoms with E-state index < -0.39 is 0 Å². The highest BCUT2D eigenvalue weighted by Gasteiger charge is 2.34. The van der Waals surface area contributed by atoms with Crippen molar-refractivity contribution in [1.82, 2.24) is 15.5 Å². The molecule has 0 radical (unpaired) electrons. The van der Waals surface area contributed by atoms with Gasteiger partial charge in [0, 0.05) is 24.7 Å². The molecular formula is C18H35N3. The minimum atomic E-state index is 0.743. The lowest BCUT2D eigenvalue weighted by molar-refractivity contribution is 0.138. The van der Waals surface area contributed by atoms with E-state index in [1.807, 2.05) is 0 Å². The first-order valence-electron chi connectivity index (χ1n) is 9.58. The zero-order valence-electron chi connectivity index (χ0n) is 13.9. The lowest BCUT2D eigenvalue weighted by Gasteiger charge is -2.43. The second-order valence-corrected chi connectivity index (χ2v) is 7.51. The molecule has 3 heteroatoms. The van der Waals surface area contributed by atoms with Crippen molar-refractivity contribution in [3.63, 3.8) is 0 Å². The third-order valence-electron chi connectivity index (χ3n) is 6.09. The van der Waals surface area contributed by atoms with Crippen LogP contribution in [0.5, 0.6) is 0 Å². The molecule has 0 aromatic heterocycles. The molecule has 21 heavy (non-hydrogen) atoms. The summed E-state index contributed by atoms with van der Waals surface area (Å²) in [6.45, 7) is 7.36. The van der Waals surface area contributed by atoms with E-state index in [-0.39, 0.29) is 0 Å². The van der Waals surface area contributed by atoms with Crippen LogP contribution in [-0.4, -0.2) is 49.2 Å². The minimum Gasteiger partial charge on any atom is -0.314 e. The van der Waals surface area contributed by atoms with Crippen molar-refractivity contribution in [3.05, 3.63) is 0 Å². The van der Waals surface area contributed by atoms with Crippen LogP contribution in [0.4, 0.5) is 0 Å². The lowest BCUT2D eigenvalue weighted by atomic mass is 9.77. The summed E-state index contributed by atoms with van der Waals surface area (Å²) >= 11 is 0. The molecule has 0 amide bonds. The van der Waals surface area contributed by atoms with Crippen molar-refractivity contribution in [2.45, 2.75) is 82.8 Å². The van der Waals surface area contributed by atoms with Crippen LogP contribution in [0.2, 0.25) is 0 Å². The summed E-state index contributed by atoms with van der Waals surface area (Å²) < 4.78 is 0. The Bertz CT molecular complexity index is 301. The molecule has 1 aliphatic carbocycles. The van der Waals surface area contributed by atoms with Gasteiger partial charge >= 0.3 is 0 Å². The van der Waals surface area contributed by atoms with Gasteiger partial charge in [-0.1, -0.05) is 26.2 Å². The highest BCUT2D eigenvalue weighted by Crippen LogP contribution is 2.31. The van der Waals surface area contributed by atoms with Gasteiger partial charge in [-0.15, -0.1) is 0 Å². The van der Waals surface area contributed by atoms with Crippen LogP contribution in [0.1, 0.15) is 64.7 Å². The Kier molecular flexibility index (Phi) is 5.96. The molecule has 3 nitrogen and oxygen atoms in total. The highest BCUT2D eigenvalue weighted by molar-refractivity contribution is 4.93. The normalized spacial score (nSPS) is 39.3. The largest absolute Gasteiger partial charge is 0.314 e. The number of nitrogens with one attached hydrogen (secondary N) is 2. The molecule has 0 spiro atoms. The molecule has 122 valence electrons. The highest BCUT2D eigenvalue weighted by atomic mass is 15.2. The fourth-order valence-electron chi connectivity index (χ4n) is 4.87. The van der Waals surface area contributed by atoms with Gasteiger partial charge in [-0.2, -0.15) is 0 Å². The van der Waals surface area contributed by atoms with Crippen LogP contribution in [-0.2, 0) is 0 Å². The first kappa shape index (κ1) is 15.8. The molecule has 2 heterocycles. The Labute approximate surface area is 131 Å².